The van der Waals surface area contributed by atoms with Gasteiger partial charge in [-0.25, -0.2) is 4.98 Å². The van der Waals surface area contributed by atoms with E-state index in [1.165, 1.54) is 4.70 Å². The summed E-state index contributed by atoms with van der Waals surface area (Å²) >= 11 is 1.71. The quantitative estimate of drug-likeness (QED) is 0.784. The van der Waals surface area contributed by atoms with E-state index in [1.807, 2.05) is 23.1 Å². The molecule has 0 aliphatic carbocycles. The SMILES string of the molecule is O=C(CCCc1nc2ccccc2s1)N1CCc2cc(=O)[nH]cc2C1. The highest BCUT2D eigenvalue weighted by Gasteiger charge is 2.20. The predicted octanol–water partition coefficient (Wildman–Crippen LogP) is 2.89. The number of hydrogen-bond donors (Lipinski definition) is 1. The lowest BCUT2D eigenvalue weighted by atomic mass is 10.0. The number of benzene rings is 1. The molecule has 3 heterocycles. The highest BCUT2D eigenvalue weighted by molar-refractivity contribution is 7.18. The van der Waals surface area contributed by atoms with Gasteiger partial charge in [-0.05, 0) is 42.5 Å². The maximum atomic E-state index is 12.5. The van der Waals surface area contributed by atoms with E-state index in [4.69, 9.17) is 0 Å². The largest absolute Gasteiger partial charge is 0.338 e. The zero-order chi connectivity index (χ0) is 17.2. The average Bonchev–Trinajstić information content (AvgIpc) is 3.04. The molecule has 1 N–H and O–H groups in total. The van der Waals surface area contributed by atoms with Crippen molar-refractivity contribution >= 4 is 27.5 Å². The molecule has 1 aromatic carbocycles. The normalized spacial score (nSPS) is 13.8. The van der Waals surface area contributed by atoms with Crippen LogP contribution in [0.1, 0.15) is 29.0 Å². The first-order valence-corrected chi connectivity index (χ1v) is 9.33. The lowest BCUT2D eigenvalue weighted by Gasteiger charge is -2.28. The predicted molar refractivity (Wildman–Crippen MR) is 98.7 cm³/mol. The van der Waals surface area contributed by atoms with Gasteiger partial charge in [0.1, 0.15) is 0 Å². The fourth-order valence-corrected chi connectivity index (χ4v) is 4.26. The third-order valence-electron chi connectivity index (χ3n) is 4.59. The summed E-state index contributed by atoms with van der Waals surface area (Å²) in [5, 5.41) is 1.09. The van der Waals surface area contributed by atoms with Gasteiger partial charge < -0.3 is 9.88 Å². The van der Waals surface area contributed by atoms with Gasteiger partial charge in [-0.1, -0.05) is 12.1 Å². The van der Waals surface area contributed by atoms with Crippen molar-refractivity contribution in [3.05, 3.63) is 63.0 Å². The molecule has 6 heteroatoms. The summed E-state index contributed by atoms with van der Waals surface area (Å²) in [6.45, 7) is 1.28. The molecule has 4 rings (SSSR count). The lowest BCUT2D eigenvalue weighted by molar-refractivity contribution is -0.132. The van der Waals surface area contributed by atoms with Crippen LogP contribution in [0.4, 0.5) is 0 Å². The minimum Gasteiger partial charge on any atom is -0.338 e. The van der Waals surface area contributed by atoms with Crippen LogP contribution in [0.15, 0.2) is 41.3 Å². The van der Waals surface area contributed by atoms with Crippen LogP contribution in [0.5, 0.6) is 0 Å². The number of nitrogens with zero attached hydrogens (tertiary/aromatic N) is 2. The van der Waals surface area contributed by atoms with Crippen molar-refractivity contribution in [1.29, 1.82) is 0 Å². The fraction of sp³-hybridized carbons (Fsp3) is 0.316. The number of thiazole rings is 1. The number of H-pyrrole nitrogens is 1. The Hall–Kier alpha value is -2.47. The molecule has 1 aliphatic heterocycles. The third-order valence-corrected chi connectivity index (χ3v) is 5.69. The first-order valence-electron chi connectivity index (χ1n) is 8.52. The molecular weight excluding hydrogens is 334 g/mol. The molecule has 1 amide bonds. The van der Waals surface area contributed by atoms with E-state index in [-0.39, 0.29) is 11.5 Å². The summed E-state index contributed by atoms with van der Waals surface area (Å²) < 4.78 is 1.20. The van der Waals surface area contributed by atoms with Crippen LogP contribution in [-0.4, -0.2) is 27.3 Å². The average molecular weight is 353 g/mol. The second-order valence-electron chi connectivity index (χ2n) is 6.34. The van der Waals surface area contributed by atoms with Gasteiger partial charge in [0, 0.05) is 31.8 Å². The zero-order valence-electron chi connectivity index (χ0n) is 13.8. The first-order chi connectivity index (χ1) is 12.2. The smallest absolute Gasteiger partial charge is 0.248 e. The van der Waals surface area contributed by atoms with E-state index in [2.05, 4.69) is 16.0 Å². The highest BCUT2D eigenvalue weighted by Crippen LogP contribution is 2.23. The Morgan fingerprint density at radius 2 is 2.16 bits per heavy atom. The number of rotatable bonds is 4. The summed E-state index contributed by atoms with van der Waals surface area (Å²) in [5.74, 6) is 0.179. The molecule has 0 bridgehead atoms. The monoisotopic (exact) mass is 353 g/mol. The number of para-hydroxylation sites is 1. The van der Waals surface area contributed by atoms with Crippen LogP contribution in [0.3, 0.4) is 0 Å². The fourth-order valence-electron chi connectivity index (χ4n) is 3.25. The van der Waals surface area contributed by atoms with Gasteiger partial charge in [0.2, 0.25) is 11.5 Å². The molecule has 0 unspecified atom stereocenters. The van der Waals surface area contributed by atoms with Crippen molar-refractivity contribution in [2.75, 3.05) is 6.54 Å². The molecule has 0 atom stereocenters. The highest BCUT2D eigenvalue weighted by atomic mass is 32.1. The number of carbonyl (C=O) groups is 1. The van der Waals surface area contributed by atoms with Gasteiger partial charge >= 0.3 is 0 Å². The van der Waals surface area contributed by atoms with Crippen molar-refractivity contribution in [1.82, 2.24) is 14.9 Å². The topological polar surface area (TPSA) is 66.1 Å². The lowest BCUT2D eigenvalue weighted by Crippen LogP contribution is -2.36. The zero-order valence-corrected chi connectivity index (χ0v) is 14.6. The number of aromatic amines is 1. The van der Waals surface area contributed by atoms with Gasteiger partial charge in [-0.2, -0.15) is 0 Å². The van der Waals surface area contributed by atoms with Crippen molar-refractivity contribution < 1.29 is 4.79 Å². The summed E-state index contributed by atoms with van der Waals surface area (Å²) in [6, 6.07) is 9.77. The number of nitrogens with one attached hydrogen (secondary N) is 1. The van der Waals surface area contributed by atoms with Gasteiger partial charge in [-0.3, -0.25) is 9.59 Å². The Balaban J connectivity index is 1.33. The standard InChI is InChI=1S/C19H19N3O2S/c23-17-10-13-8-9-22(12-14(13)11-20-17)19(24)7-3-6-18-21-15-4-1-2-5-16(15)25-18/h1-2,4-5,10-11H,3,6-9,12H2,(H,20,23). The van der Waals surface area contributed by atoms with Crippen LogP contribution in [0.25, 0.3) is 10.2 Å². The van der Waals surface area contributed by atoms with Crippen LogP contribution >= 0.6 is 11.3 Å². The van der Waals surface area contributed by atoms with E-state index < -0.39 is 0 Å². The van der Waals surface area contributed by atoms with Crippen molar-refractivity contribution in [3.8, 4) is 0 Å². The Labute approximate surface area is 149 Å². The molecule has 0 saturated carbocycles. The molecule has 2 aromatic heterocycles. The van der Waals surface area contributed by atoms with Crippen molar-refractivity contribution in [3.63, 3.8) is 0 Å². The van der Waals surface area contributed by atoms with E-state index in [9.17, 15) is 9.59 Å². The molecule has 3 aromatic rings. The number of hydrogen-bond acceptors (Lipinski definition) is 4. The van der Waals surface area contributed by atoms with E-state index in [0.717, 1.165) is 40.9 Å². The van der Waals surface area contributed by atoms with Crippen LogP contribution < -0.4 is 5.56 Å². The summed E-state index contributed by atoms with van der Waals surface area (Å²) in [4.78, 5) is 33.0. The van der Waals surface area contributed by atoms with Crippen molar-refractivity contribution in [2.24, 2.45) is 0 Å². The second-order valence-corrected chi connectivity index (χ2v) is 7.46. The minimum atomic E-state index is -0.0747. The number of aromatic nitrogens is 2. The molecule has 5 nitrogen and oxygen atoms in total. The van der Waals surface area contributed by atoms with Gasteiger partial charge in [0.05, 0.1) is 15.2 Å². The summed E-state index contributed by atoms with van der Waals surface area (Å²) in [6.07, 6.45) is 4.67. The van der Waals surface area contributed by atoms with Crippen LogP contribution in [0, 0.1) is 0 Å². The number of pyridine rings is 1. The Kier molecular flexibility index (Phi) is 4.36. The molecule has 25 heavy (non-hydrogen) atoms. The number of fused-ring (bicyclic) bond motifs is 2. The number of amides is 1. The molecule has 0 radical (unpaired) electrons. The van der Waals surface area contributed by atoms with E-state index in [1.54, 1.807) is 23.6 Å². The Morgan fingerprint density at radius 3 is 3.04 bits per heavy atom. The molecular formula is C19H19N3O2S. The molecule has 0 fully saturated rings. The Bertz CT molecular complexity index is 943. The van der Waals surface area contributed by atoms with Crippen LogP contribution in [-0.2, 0) is 24.2 Å². The van der Waals surface area contributed by atoms with Crippen molar-refractivity contribution in [2.45, 2.75) is 32.2 Å². The second kappa shape index (κ2) is 6.80. The van der Waals surface area contributed by atoms with Gasteiger partial charge in [0.15, 0.2) is 0 Å². The maximum absolute atomic E-state index is 12.5. The Morgan fingerprint density at radius 1 is 1.28 bits per heavy atom. The van der Waals surface area contributed by atoms with E-state index in [0.29, 0.717) is 19.5 Å². The number of aryl methyl sites for hydroxylation is 1. The maximum Gasteiger partial charge on any atom is 0.248 e. The molecule has 1 aliphatic rings. The molecule has 0 spiro atoms. The minimum absolute atomic E-state index is 0.0747. The summed E-state index contributed by atoms with van der Waals surface area (Å²) in [5.41, 5.74) is 3.07. The third kappa shape index (κ3) is 3.49. The van der Waals surface area contributed by atoms with Crippen LogP contribution in [0.2, 0.25) is 0 Å². The first kappa shape index (κ1) is 16.0. The van der Waals surface area contributed by atoms with Gasteiger partial charge in [0.25, 0.3) is 0 Å². The molecule has 0 saturated heterocycles. The number of carbonyl (C=O) groups excluding carboxylic acids is 1. The molecule has 128 valence electrons. The summed E-state index contributed by atoms with van der Waals surface area (Å²) in [7, 11) is 0. The van der Waals surface area contributed by atoms with E-state index >= 15 is 0 Å². The van der Waals surface area contributed by atoms with Gasteiger partial charge in [-0.15, -0.1) is 11.3 Å².